The number of benzene rings is 1. The van der Waals surface area contributed by atoms with E-state index in [0.717, 1.165) is 0 Å². The van der Waals surface area contributed by atoms with Crippen molar-refractivity contribution in [3.63, 3.8) is 0 Å². The lowest BCUT2D eigenvalue weighted by atomic mass is 9.82. The summed E-state index contributed by atoms with van der Waals surface area (Å²) in [7, 11) is 0. The minimum Gasteiger partial charge on any atom is -0.437 e. The smallest absolute Gasteiger partial charge is 0.273 e. The predicted molar refractivity (Wildman–Crippen MR) is 75.0 cm³/mol. The van der Waals surface area contributed by atoms with Crippen molar-refractivity contribution in [2.45, 2.75) is 18.8 Å². The monoisotopic (exact) mass is 297 g/mol. The molecule has 0 amide bonds. The van der Waals surface area contributed by atoms with E-state index in [2.05, 4.69) is 0 Å². The van der Waals surface area contributed by atoms with Crippen molar-refractivity contribution in [1.29, 1.82) is 5.26 Å². The van der Waals surface area contributed by atoms with Gasteiger partial charge in [-0.25, -0.2) is 0 Å². The van der Waals surface area contributed by atoms with Crippen LogP contribution in [0.5, 0.6) is 0 Å². The van der Waals surface area contributed by atoms with E-state index in [9.17, 15) is 20.2 Å². The summed E-state index contributed by atoms with van der Waals surface area (Å²) in [6.07, 6.45) is 0.664. The van der Waals surface area contributed by atoms with Crippen molar-refractivity contribution < 1.29 is 14.5 Å². The number of nitro benzene ring substituents is 1. The van der Waals surface area contributed by atoms with Gasteiger partial charge >= 0.3 is 0 Å². The van der Waals surface area contributed by atoms with Crippen molar-refractivity contribution in [3.05, 3.63) is 62.7 Å². The average molecular weight is 297 g/mol. The second-order valence-electron chi connectivity index (χ2n) is 5.02. The quantitative estimate of drug-likeness (QED) is 0.658. The molecule has 3 rings (SSSR count). The highest BCUT2D eigenvalue weighted by molar-refractivity contribution is 5.98. The number of nitrogens with zero attached hydrogens (tertiary/aromatic N) is 2. The standard InChI is InChI=1S/C15H11N3O4/c16-7-10-13(8-3-1-2-4-11(8)18(20)21)9-5-6-12(19)14(9)22-15(10)17/h1-4,13H,5-6,17H2/t13-/m1/s1. The third-order valence-corrected chi connectivity index (χ3v) is 3.85. The van der Waals surface area contributed by atoms with Crippen LogP contribution in [0.4, 0.5) is 5.69 Å². The summed E-state index contributed by atoms with van der Waals surface area (Å²) in [4.78, 5) is 22.6. The third kappa shape index (κ3) is 1.93. The predicted octanol–water partition coefficient (Wildman–Crippen LogP) is 2.02. The van der Waals surface area contributed by atoms with Gasteiger partial charge in [0.1, 0.15) is 11.6 Å². The number of nitriles is 1. The normalized spacial score (nSPS) is 20.5. The number of carbonyl (C=O) groups is 1. The molecule has 0 radical (unpaired) electrons. The zero-order valence-corrected chi connectivity index (χ0v) is 11.4. The lowest BCUT2D eigenvalue weighted by Crippen LogP contribution is -2.21. The minimum absolute atomic E-state index is 0.0998. The molecule has 0 aromatic heterocycles. The van der Waals surface area contributed by atoms with Crippen LogP contribution in [0.25, 0.3) is 0 Å². The Hall–Kier alpha value is -3.14. The highest BCUT2D eigenvalue weighted by Gasteiger charge is 2.40. The molecule has 0 spiro atoms. The van der Waals surface area contributed by atoms with E-state index < -0.39 is 10.8 Å². The Morgan fingerprint density at radius 1 is 1.36 bits per heavy atom. The molecule has 7 heteroatoms. The van der Waals surface area contributed by atoms with Gasteiger partial charge in [-0.3, -0.25) is 14.9 Å². The summed E-state index contributed by atoms with van der Waals surface area (Å²) in [5.74, 6) is -0.945. The molecule has 0 saturated heterocycles. The fourth-order valence-electron chi connectivity index (χ4n) is 2.89. The van der Waals surface area contributed by atoms with Gasteiger partial charge in [0.2, 0.25) is 5.88 Å². The first kappa shape index (κ1) is 13.8. The van der Waals surface area contributed by atoms with E-state index in [0.29, 0.717) is 17.6 Å². The molecular formula is C15H11N3O4. The lowest BCUT2D eigenvalue weighted by Gasteiger charge is -2.24. The summed E-state index contributed by atoms with van der Waals surface area (Å²) >= 11 is 0. The lowest BCUT2D eigenvalue weighted by molar-refractivity contribution is -0.385. The van der Waals surface area contributed by atoms with Gasteiger partial charge in [0.15, 0.2) is 11.5 Å². The zero-order valence-electron chi connectivity index (χ0n) is 11.4. The molecule has 0 bridgehead atoms. The van der Waals surface area contributed by atoms with Crippen LogP contribution in [0, 0.1) is 21.4 Å². The zero-order chi connectivity index (χ0) is 15.9. The molecule has 22 heavy (non-hydrogen) atoms. The number of ether oxygens (including phenoxy) is 1. The molecule has 1 aliphatic heterocycles. The van der Waals surface area contributed by atoms with Gasteiger partial charge in [-0.2, -0.15) is 5.26 Å². The first-order valence-electron chi connectivity index (χ1n) is 6.61. The van der Waals surface area contributed by atoms with E-state index >= 15 is 0 Å². The Labute approximate surface area is 125 Å². The second-order valence-corrected chi connectivity index (χ2v) is 5.02. The molecule has 1 atom stereocenters. The van der Waals surface area contributed by atoms with Crippen LogP contribution in [0.2, 0.25) is 0 Å². The number of hydrogen-bond donors (Lipinski definition) is 1. The van der Waals surface area contributed by atoms with Gasteiger partial charge in [-0.15, -0.1) is 0 Å². The Morgan fingerprint density at radius 2 is 2.09 bits per heavy atom. The second kappa shape index (κ2) is 5.00. The first-order chi connectivity index (χ1) is 10.5. The summed E-state index contributed by atoms with van der Waals surface area (Å²) in [6.45, 7) is 0. The minimum atomic E-state index is -0.707. The number of carbonyl (C=O) groups excluding carboxylic acids is 1. The van der Waals surface area contributed by atoms with E-state index in [1.807, 2.05) is 6.07 Å². The number of allylic oxidation sites excluding steroid dienone is 3. The van der Waals surface area contributed by atoms with Crippen molar-refractivity contribution in [1.82, 2.24) is 0 Å². The number of nitrogens with two attached hydrogens (primary N) is 1. The van der Waals surface area contributed by atoms with Gasteiger partial charge in [-0.05, 0) is 12.0 Å². The Bertz CT molecular complexity index is 801. The van der Waals surface area contributed by atoms with Crippen LogP contribution in [0.1, 0.15) is 24.3 Å². The highest BCUT2D eigenvalue weighted by atomic mass is 16.6. The van der Waals surface area contributed by atoms with Crippen LogP contribution in [0.15, 0.2) is 47.1 Å². The maximum atomic E-state index is 11.9. The molecule has 0 unspecified atom stereocenters. The molecule has 2 aliphatic rings. The van der Waals surface area contributed by atoms with Crippen LogP contribution in [-0.2, 0) is 9.53 Å². The summed E-state index contributed by atoms with van der Waals surface area (Å²) < 4.78 is 5.27. The van der Waals surface area contributed by atoms with Gasteiger partial charge in [0.25, 0.3) is 5.69 Å². The summed E-state index contributed by atoms with van der Waals surface area (Å²) in [5, 5.41) is 20.6. The fourth-order valence-corrected chi connectivity index (χ4v) is 2.89. The van der Waals surface area contributed by atoms with Gasteiger partial charge < -0.3 is 10.5 Å². The van der Waals surface area contributed by atoms with Gasteiger partial charge in [-0.1, -0.05) is 18.2 Å². The topological polar surface area (TPSA) is 119 Å². The maximum Gasteiger partial charge on any atom is 0.273 e. The van der Waals surface area contributed by atoms with E-state index in [4.69, 9.17) is 10.5 Å². The third-order valence-electron chi connectivity index (χ3n) is 3.85. The molecule has 2 N–H and O–H groups in total. The van der Waals surface area contributed by atoms with Crippen molar-refractivity contribution in [3.8, 4) is 6.07 Å². The van der Waals surface area contributed by atoms with Crippen LogP contribution < -0.4 is 5.73 Å². The summed E-state index contributed by atoms with van der Waals surface area (Å²) in [6, 6.07) is 8.10. The van der Waals surface area contributed by atoms with Crippen LogP contribution >= 0.6 is 0 Å². The number of Topliss-reactive ketones (excluding diaryl/α,β-unsaturated/α-hetero) is 1. The van der Waals surface area contributed by atoms with Gasteiger partial charge in [0.05, 0.1) is 10.8 Å². The first-order valence-corrected chi connectivity index (χ1v) is 6.61. The van der Waals surface area contributed by atoms with Gasteiger partial charge in [0, 0.05) is 18.1 Å². The molecule has 0 saturated carbocycles. The van der Waals surface area contributed by atoms with E-state index in [-0.39, 0.29) is 35.1 Å². The Kier molecular flexibility index (Phi) is 3.14. The number of hydrogen-bond acceptors (Lipinski definition) is 6. The number of ketones is 1. The van der Waals surface area contributed by atoms with E-state index in [1.165, 1.54) is 6.07 Å². The Balaban J connectivity index is 2.24. The molecule has 7 nitrogen and oxygen atoms in total. The molecule has 1 aromatic carbocycles. The number of para-hydroxylation sites is 1. The van der Waals surface area contributed by atoms with E-state index in [1.54, 1.807) is 18.2 Å². The Morgan fingerprint density at radius 3 is 2.77 bits per heavy atom. The summed E-state index contributed by atoms with van der Waals surface area (Å²) in [5.41, 5.74) is 6.66. The molecule has 110 valence electrons. The number of rotatable bonds is 2. The molecule has 1 heterocycles. The maximum absolute atomic E-state index is 11.9. The van der Waals surface area contributed by atoms with Crippen molar-refractivity contribution in [2.24, 2.45) is 5.73 Å². The highest BCUT2D eigenvalue weighted by Crippen LogP contribution is 2.46. The van der Waals surface area contributed by atoms with Crippen molar-refractivity contribution in [2.75, 3.05) is 0 Å². The average Bonchev–Trinajstić information content (AvgIpc) is 2.87. The SMILES string of the molecule is N#CC1=C(N)OC2=C(CCC2=O)[C@H]1c1ccccc1[N+](=O)[O-]. The molecule has 1 aromatic rings. The van der Waals surface area contributed by atoms with Crippen molar-refractivity contribution >= 4 is 11.5 Å². The van der Waals surface area contributed by atoms with Crippen LogP contribution in [-0.4, -0.2) is 10.7 Å². The molecule has 1 aliphatic carbocycles. The number of nitro groups is 1. The fraction of sp³-hybridized carbons (Fsp3) is 0.200. The largest absolute Gasteiger partial charge is 0.437 e. The van der Waals surface area contributed by atoms with Crippen LogP contribution in [0.3, 0.4) is 0 Å². The molecular weight excluding hydrogens is 286 g/mol. The molecule has 0 fully saturated rings.